The molecule has 0 bridgehead atoms. The zero-order valence-corrected chi connectivity index (χ0v) is 11.2. The van der Waals surface area contributed by atoms with Gasteiger partial charge in [0.05, 0.1) is 19.3 Å². The first-order valence-electron chi connectivity index (χ1n) is 5.45. The van der Waals surface area contributed by atoms with Crippen LogP contribution < -0.4 is 4.74 Å². The Labute approximate surface area is 115 Å². The molecule has 0 spiro atoms. The van der Waals surface area contributed by atoms with Gasteiger partial charge in [-0.3, -0.25) is 4.79 Å². The van der Waals surface area contributed by atoms with Crippen molar-refractivity contribution in [3.8, 4) is 5.75 Å². The number of methoxy groups -OCH3 is 1. The molecule has 6 heteroatoms. The molecule has 0 saturated carbocycles. The van der Waals surface area contributed by atoms with Crippen LogP contribution in [0, 0.1) is 0 Å². The summed E-state index contributed by atoms with van der Waals surface area (Å²) in [5.74, 6) is -2.09. The van der Waals surface area contributed by atoms with E-state index < -0.39 is 17.5 Å². The lowest BCUT2D eigenvalue weighted by molar-refractivity contribution is -0.149. The number of carbonyl (C=O) groups excluding carboxylic acids is 2. The van der Waals surface area contributed by atoms with E-state index in [4.69, 9.17) is 16.3 Å². The maximum absolute atomic E-state index is 11.3. The summed E-state index contributed by atoms with van der Waals surface area (Å²) in [6.07, 6.45) is 0.764. The Bertz CT molecular complexity index is 522. The summed E-state index contributed by atoms with van der Waals surface area (Å²) < 4.78 is 9.54. The Morgan fingerprint density at radius 2 is 2.11 bits per heavy atom. The van der Waals surface area contributed by atoms with Crippen LogP contribution in [0.25, 0.3) is 5.76 Å². The predicted octanol–water partition coefficient (Wildman–Crippen LogP) is 2.38. The first-order valence-corrected chi connectivity index (χ1v) is 5.83. The maximum Gasteiger partial charge on any atom is 0.378 e. The highest BCUT2D eigenvalue weighted by atomic mass is 35.5. The summed E-state index contributed by atoms with van der Waals surface area (Å²) in [6, 6.07) is 4.59. The van der Waals surface area contributed by atoms with Gasteiger partial charge in [0.25, 0.3) is 5.78 Å². The minimum Gasteiger partial charge on any atom is -0.507 e. The van der Waals surface area contributed by atoms with Gasteiger partial charge in [-0.1, -0.05) is 11.6 Å². The second kappa shape index (κ2) is 6.80. The van der Waals surface area contributed by atoms with Crippen LogP contribution in [-0.2, 0) is 14.3 Å². The van der Waals surface area contributed by atoms with Crippen LogP contribution in [0.2, 0.25) is 5.02 Å². The Balaban J connectivity index is 3.13. The molecule has 0 amide bonds. The summed E-state index contributed by atoms with van der Waals surface area (Å²) in [6.45, 7) is 2.16. The molecule has 1 aromatic rings. The average molecular weight is 285 g/mol. The predicted molar refractivity (Wildman–Crippen MR) is 70.2 cm³/mol. The van der Waals surface area contributed by atoms with E-state index in [9.17, 15) is 14.7 Å². The van der Waals surface area contributed by atoms with Crippen molar-refractivity contribution in [1.29, 1.82) is 0 Å². The van der Waals surface area contributed by atoms with Gasteiger partial charge in [-0.05, 0) is 25.1 Å². The number of halogens is 1. The third-order valence-corrected chi connectivity index (χ3v) is 2.41. The summed E-state index contributed by atoms with van der Waals surface area (Å²) in [5, 5.41) is 10.2. The van der Waals surface area contributed by atoms with E-state index in [1.165, 1.54) is 6.07 Å². The fourth-order valence-corrected chi connectivity index (χ4v) is 1.52. The largest absolute Gasteiger partial charge is 0.507 e. The molecule has 0 radical (unpaired) electrons. The normalized spacial score (nSPS) is 11.0. The molecule has 0 heterocycles. The smallest absolute Gasteiger partial charge is 0.378 e. The first kappa shape index (κ1) is 15.0. The highest BCUT2D eigenvalue weighted by Crippen LogP contribution is 2.28. The van der Waals surface area contributed by atoms with Crippen LogP contribution in [0.15, 0.2) is 24.3 Å². The van der Waals surface area contributed by atoms with E-state index in [1.807, 2.05) is 0 Å². The third kappa shape index (κ3) is 3.99. The lowest BCUT2D eigenvalue weighted by atomic mass is 10.1. The standard InChI is InChI=1S/C13H13ClO5/c1-3-19-12-5-4-8(14)6-9(12)10(15)7-11(16)13(17)18-2/h4-7,15H,3H2,1-2H3/b10-7-. The quantitative estimate of drug-likeness (QED) is 0.389. The van der Waals surface area contributed by atoms with Crippen LogP contribution >= 0.6 is 11.6 Å². The van der Waals surface area contributed by atoms with Crippen molar-refractivity contribution in [2.24, 2.45) is 0 Å². The topological polar surface area (TPSA) is 72.8 Å². The van der Waals surface area contributed by atoms with Gasteiger partial charge in [0.1, 0.15) is 11.5 Å². The van der Waals surface area contributed by atoms with Gasteiger partial charge in [0.2, 0.25) is 0 Å². The minimum atomic E-state index is -1.06. The SMILES string of the molecule is CCOc1ccc(Cl)cc1/C(O)=C/C(=O)C(=O)OC. The van der Waals surface area contributed by atoms with Crippen molar-refractivity contribution in [1.82, 2.24) is 0 Å². The van der Waals surface area contributed by atoms with Gasteiger partial charge in [0.15, 0.2) is 0 Å². The summed E-state index contributed by atoms with van der Waals surface area (Å²) in [7, 11) is 1.08. The summed E-state index contributed by atoms with van der Waals surface area (Å²) in [5.41, 5.74) is 0.228. The van der Waals surface area contributed by atoms with E-state index >= 15 is 0 Å². The first-order chi connectivity index (χ1) is 8.99. The molecule has 0 fully saturated rings. The fraction of sp³-hybridized carbons (Fsp3) is 0.231. The zero-order chi connectivity index (χ0) is 14.4. The summed E-state index contributed by atoms with van der Waals surface area (Å²) >= 11 is 5.82. The molecule has 19 heavy (non-hydrogen) atoms. The lowest BCUT2D eigenvalue weighted by Crippen LogP contribution is -2.13. The molecule has 0 saturated heterocycles. The molecule has 0 unspecified atom stereocenters. The van der Waals surface area contributed by atoms with Crippen LogP contribution in [0.5, 0.6) is 5.75 Å². The molecule has 0 aliphatic rings. The Hall–Kier alpha value is -2.01. The number of ketones is 1. The number of hydrogen-bond acceptors (Lipinski definition) is 5. The van der Waals surface area contributed by atoms with Crippen LogP contribution in [0.4, 0.5) is 0 Å². The van der Waals surface area contributed by atoms with Gasteiger partial charge in [-0.15, -0.1) is 0 Å². The van der Waals surface area contributed by atoms with Gasteiger partial charge >= 0.3 is 5.97 Å². The maximum atomic E-state index is 11.3. The highest BCUT2D eigenvalue weighted by Gasteiger charge is 2.15. The number of ether oxygens (including phenoxy) is 2. The number of rotatable bonds is 5. The second-order valence-corrected chi connectivity index (χ2v) is 3.90. The van der Waals surface area contributed by atoms with Gasteiger partial charge in [0, 0.05) is 11.1 Å². The minimum absolute atomic E-state index is 0.228. The molecule has 1 aromatic carbocycles. The van der Waals surface area contributed by atoms with Crippen molar-refractivity contribution < 1.29 is 24.2 Å². The molecule has 0 aromatic heterocycles. The van der Waals surface area contributed by atoms with Crippen LogP contribution in [0.3, 0.4) is 0 Å². The van der Waals surface area contributed by atoms with E-state index in [0.717, 1.165) is 13.2 Å². The molecular formula is C13H13ClO5. The van der Waals surface area contributed by atoms with Gasteiger partial charge in [-0.25, -0.2) is 4.79 Å². The molecule has 0 aliphatic heterocycles. The van der Waals surface area contributed by atoms with E-state index in [-0.39, 0.29) is 5.56 Å². The van der Waals surface area contributed by atoms with Crippen molar-refractivity contribution in [2.75, 3.05) is 13.7 Å². The molecule has 5 nitrogen and oxygen atoms in total. The van der Waals surface area contributed by atoms with Gasteiger partial charge < -0.3 is 14.6 Å². The van der Waals surface area contributed by atoms with Crippen molar-refractivity contribution in [3.05, 3.63) is 34.9 Å². The fourth-order valence-electron chi connectivity index (χ4n) is 1.35. The van der Waals surface area contributed by atoms with Crippen molar-refractivity contribution >= 4 is 29.1 Å². The highest BCUT2D eigenvalue weighted by molar-refractivity contribution is 6.39. The van der Waals surface area contributed by atoms with Gasteiger partial charge in [-0.2, -0.15) is 0 Å². The van der Waals surface area contributed by atoms with E-state index in [0.29, 0.717) is 17.4 Å². The Morgan fingerprint density at radius 3 is 2.68 bits per heavy atom. The number of aliphatic hydroxyl groups excluding tert-OH is 1. The number of esters is 1. The molecule has 0 atom stereocenters. The monoisotopic (exact) mass is 284 g/mol. The zero-order valence-electron chi connectivity index (χ0n) is 10.5. The molecule has 0 aliphatic carbocycles. The van der Waals surface area contributed by atoms with Crippen LogP contribution in [0.1, 0.15) is 12.5 Å². The molecule has 1 rings (SSSR count). The Morgan fingerprint density at radius 1 is 1.42 bits per heavy atom. The van der Waals surface area contributed by atoms with E-state index in [1.54, 1.807) is 19.1 Å². The third-order valence-electron chi connectivity index (χ3n) is 2.17. The second-order valence-electron chi connectivity index (χ2n) is 3.46. The summed E-state index contributed by atoms with van der Waals surface area (Å²) in [4.78, 5) is 22.3. The molecule has 1 N–H and O–H groups in total. The number of benzene rings is 1. The molecular weight excluding hydrogens is 272 g/mol. The Kier molecular flexibility index (Phi) is 5.38. The number of hydrogen-bond donors (Lipinski definition) is 1. The van der Waals surface area contributed by atoms with Crippen LogP contribution in [-0.4, -0.2) is 30.6 Å². The van der Waals surface area contributed by atoms with Crippen molar-refractivity contribution in [3.63, 3.8) is 0 Å². The van der Waals surface area contributed by atoms with Crippen molar-refractivity contribution in [2.45, 2.75) is 6.92 Å². The average Bonchev–Trinajstić information content (AvgIpc) is 2.39. The lowest BCUT2D eigenvalue weighted by Gasteiger charge is -2.09. The van der Waals surface area contributed by atoms with E-state index in [2.05, 4.69) is 4.74 Å². The molecule has 102 valence electrons. The number of carbonyl (C=O) groups is 2. The number of aliphatic hydroxyl groups is 1.